The molecule has 0 fully saturated rings. The smallest absolute Gasteiger partial charge is 0.333 e. The first-order valence-corrected chi connectivity index (χ1v) is 5.43. The van der Waals surface area contributed by atoms with Crippen LogP contribution in [0.5, 0.6) is 0 Å². The van der Waals surface area contributed by atoms with Crippen LogP contribution in [0.25, 0.3) is 6.08 Å². The van der Waals surface area contributed by atoms with Crippen LogP contribution in [-0.2, 0) is 9.53 Å². The third-order valence-corrected chi connectivity index (χ3v) is 2.73. The Bertz CT molecular complexity index is 355. The van der Waals surface area contributed by atoms with Crippen molar-refractivity contribution in [2.75, 3.05) is 6.61 Å². The molecule has 2 nitrogen and oxygen atoms in total. The molecular weight excluding hydrogens is 220 g/mol. The summed E-state index contributed by atoms with van der Waals surface area (Å²) in [4.78, 5) is 12.2. The lowest BCUT2D eigenvalue weighted by Crippen LogP contribution is -2.04. The monoisotopic (exact) mass is 230 g/mol. The summed E-state index contributed by atoms with van der Waals surface area (Å²) < 4.78 is 5.56. The van der Waals surface area contributed by atoms with Crippen LogP contribution in [0.3, 0.4) is 0 Å². The first-order valence-electron chi connectivity index (χ1n) is 4.24. The van der Waals surface area contributed by atoms with Gasteiger partial charge in [0.15, 0.2) is 0 Å². The molecule has 0 aliphatic heterocycles. The number of thiophene rings is 1. The van der Waals surface area contributed by atoms with Gasteiger partial charge in [-0.1, -0.05) is 11.6 Å². The van der Waals surface area contributed by atoms with Crippen LogP contribution in [-0.4, -0.2) is 12.6 Å². The Morgan fingerprint density at radius 2 is 2.36 bits per heavy atom. The molecule has 0 bridgehead atoms. The van der Waals surface area contributed by atoms with Gasteiger partial charge in [0, 0.05) is 10.5 Å². The molecule has 1 heterocycles. The molecule has 0 atom stereocenters. The summed E-state index contributed by atoms with van der Waals surface area (Å²) in [5.74, 6) is -0.281. The lowest BCUT2D eigenvalue weighted by atomic mass is 10.2. The summed E-state index contributed by atoms with van der Waals surface area (Å²) in [7, 11) is 0. The highest BCUT2D eigenvalue weighted by Crippen LogP contribution is 2.23. The van der Waals surface area contributed by atoms with Crippen LogP contribution in [0.15, 0.2) is 17.7 Å². The zero-order valence-corrected chi connectivity index (χ0v) is 9.61. The minimum absolute atomic E-state index is 0.281. The second kappa shape index (κ2) is 5.17. The van der Waals surface area contributed by atoms with E-state index in [0.717, 1.165) is 4.88 Å². The van der Waals surface area contributed by atoms with Gasteiger partial charge in [0.2, 0.25) is 0 Å². The summed E-state index contributed by atoms with van der Waals surface area (Å²) in [5, 5.41) is 0. The molecule has 0 spiro atoms. The second-order valence-corrected chi connectivity index (χ2v) is 4.44. The van der Waals surface area contributed by atoms with Gasteiger partial charge in [-0.05, 0) is 32.1 Å². The zero-order chi connectivity index (χ0) is 10.6. The van der Waals surface area contributed by atoms with E-state index in [4.69, 9.17) is 16.3 Å². The van der Waals surface area contributed by atoms with Crippen molar-refractivity contribution < 1.29 is 9.53 Å². The molecule has 14 heavy (non-hydrogen) atoms. The van der Waals surface area contributed by atoms with Crippen LogP contribution in [0.4, 0.5) is 0 Å². The highest BCUT2D eigenvalue weighted by molar-refractivity contribution is 7.17. The van der Waals surface area contributed by atoms with Crippen LogP contribution in [0, 0.1) is 0 Å². The molecule has 4 heteroatoms. The molecule has 0 aliphatic carbocycles. The van der Waals surface area contributed by atoms with E-state index in [1.165, 1.54) is 11.3 Å². The predicted octanol–water partition coefficient (Wildman–Crippen LogP) is 3.37. The molecular formula is C10H11ClO2S. The van der Waals surface area contributed by atoms with Gasteiger partial charge < -0.3 is 4.74 Å². The number of rotatable bonds is 3. The summed E-state index contributed by atoms with van der Waals surface area (Å²) in [6.07, 6.45) is 1.77. The summed E-state index contributed by atoms with van der Waals surface area (Å²) in [6, 6.07) is 3.67. The van der Waals surface area contributed by atoms with Crippen LogP contribution >= 0.6 is 22.9 Å². The fourth-order valence-corrected chi connectivity index (χ4v) is 1.99. The van der Waals surface area contributed by atoms with Crippen LogP contribution in [0.2, 0.25) is 4.34 Å². The normalized spacial score (nSPS) is 11.5. The van der Waals surface area contributed by atoms with Gasteiger partial charge in [-0.2, -0.15) is 0 Å². The highest BCUT2D eigenvalue weighted by atomic mass is 35.5. The molecule has 0 aliphatic rings. The van der Waals surface area contributed by atoms with Crippen molar-refractivity contribution in [3.63, 3.8) is 0 Å². The van der Waals surface area contributed by atoms with Gasteiger partial charge in [-0.3, -0.25) is 0 Å². The van der Waals surface area contributed by atoms with Crippen molar-refractivity contribution in [2.24, 2.45) is 0 Å². The van der Waals surface area contributed by atoms with E-state index in [1.807, 2.05) is 6.07 Å². The van der Waals surface area contributed by atoms with Gasteiger partial charge in [-0.25, -0.2) is 4.79 Å². The van der Waals surface area contributed by atoms with Gasteiger partial charge in [0.05, 0.1) is 10.9 Å². The van der Waals surface area contributed by atoms with Gasteiger partial charge in [0.25, 0.3) is 0 Å². The maximum atomic E-state index is 11.2. The van der Waals surface area contributed by atoms with Crippen LogP contribution < -0.4 is 0 Å². The lowest BCUT2D eigenvalue weighted by Gasteiger charge is -1.99. The average molecular weight is 231 g/mol. The lowest BCUT2D eigenvalue weighted by molar-refractivity contribution is -0.138. The van der Waals surface area contributed by atoms with Crippen LogP contribution in [0.1, 0.15) is 18.7 Å². The van der Waals surface area contributed by atoms with Crippen molar-refractivity contribution in [3.05, 3.63) is 26.9 Å². The molecule has 0 unspecified atom stereocenters. The molecule has 76 valence electrons. The third kappa shape index (κ3) is 3.16. The van der Waals surface area contributed by atoms with Gasteiger partial charge in [0.1, 0.15) is 0 Å². The summed E-state index contributed by atoms with van der Waals surface area (Å²) in [6.45, 7) is 3.91. The van der Waals surface area contributed by atoms with E-state index in [1.54, 1.807) is 26.0 Å². The Balaban J connectivity index is 2.73. The molecule has 0 aromatic carbocycles. The minimum atomic E-state index is -0.281. The number of ether oxygens (including phenoxy) is 1. The van der Waals surface area contributed by atoms with Crippen molar-refractivity contribution in [3.8, 4) is 0 Å². The summed E-state index contributed by atoms with van der Waals surface area (Å²) in [5.41, 5.74) is 0.588. The molecule has 0 radical (unpaired) electrons. The molecule has 0 saturated carbocycles. The quantitative estimate of drug-likeness (QED) is 0.588. The van der Waals surface area contributed by atoms with E-state index in [9.17, 15) is 4.79 Å². The maximum absolute atomic E-state index is 11.2. The molecule has 0 N–H and O–H groups in total. The van der Waals surface area contributed by atoms with E-state index in [0.29, 0.717) is 16.5 Å². The van der Waals surface area contributed by atoms with Gasteiger partial charge in [-0.15, -0.1) is 11.3 Å². The Labute approximate surface area is 92.2 Å². The number of esters is 1. The van der Waals surface area contributed by atoms with Crippen molar-refractivity contribution in [1.82, 2.24) is 0 Å². The van der Waals surface area contributed by atoms with E-state index in [-0.39, 0.29) is 5.97 Å². The predicted molar refractivity (Wildman–Crippen MR) is 59.6 cm³/mol. The van der Waals surface area contributed by atoms with Gasteiger partial charge >= 0.3 is 5.97 Å². The molecule has 1 rings (SSSR count). The first kappa shape index (κ1) is 11.3. The van der Waals surface area contributed by atoms with E-state index < -0.39 is 0 Å². The van der Waals surface area contributed by atoms with E-state index >= 15 is 0 Å². The highest BCUT2D eigenvalue weighted by Gasteiger charge is 2.04. The Kier molecular flexibility index (Phi) is 4.17. The minimum Gasteiger partial charge on any atom is -0.463 e. The zero-order valence-electron chi connectivity index (χ0n) is 8.04. The Morgan fingerprint density at radius 3 is 2.86 bits per heavy atom. The Morgan fingerprint density at radius 1 is 1.64 bits per heavy atom. The second-order valence-electron chi connectivity index (χ2n) is 2.69. The standard InChI is InChI=1S/C10H11ClO2S/c1-3-13-10(12)7(2)6-8-4-5-9(11)14-8/h4-6H,3H2,1-2H3/b7-6+. The molecule has 0 amide bonds. The average Bonchev–Trinajstić information content (AvgIpc) is 2.51. The number of carbonyl (C=O) groups excluding carboxylic acids is 1. The van der Waals surface area contributed by atoms with Crippen molar-refractivity contribution in [2.45, 2.75) is 13.8 Å². The van der Waals surface area contributed by atoms with Crippen molar-refractivity contribution in [1.29, 1.82) is 0 Å². The fraction of sp³-hybridized carbons (Fsp3) is 0.300. The number of carbonyl (C=O) groups is 1. The SMILES string of the molecule is CCOC(=O)/C(C)=C/c1ccc(Cl)s1. The Hall–Kier alpha value is -0.800. The molecule has 1 aromatic heterocycles. The molecule has 1 aromatic rings. The van der Waals surface area contributed by atoms with E-state index in [2.05, 4.69) is 0 Å². The molecule has 0 saturated heterocycles. The number of hydrogen-bond acceptors (Lipinski definition) is 3. The fourth-order valence-electron chi connectivity index (χ4n) is 0.923. The third-order valence-electron chi connectivity index (χ3n) is 1.55. The first-order chi connectivity index (χ1) is 6.63. The number of halogens is 1. The van der Waals surface area contributed by atoms with Crippen molar-refractivity contribution >= 4 is 35.0 Å². The largest absolute Gasteiger partial charge is 0.463 e. The number of hydrogen-bond donors (Lipinski definition) is 0. The topological polar surface area (TPSA) is 26.3 Å². The summed E-state index contributed by atoms with van der Waals surface area (Å²) >= 11 is 7.19. The maximum Gasteiger partial charge on any atom is 0.333 e.